The van der Waals surface area contributed by atoms with Gasteiger partial charge in [-0.2, -0.15) is 0 Å². The molecule has 2 aliphatic rings. The lowest BCUT2D eigenvalue weighted by atomic mass is 10.00. The number of carbonyl (C=O) groups is 1. The van der Waals surface area contributed by atoms with Gasteiger partial charge >= 0.3 is 0 Å². The lowest BCUT2D eigenvalue weighted by Crippen LogP contribution is -2.36. The number of nitrogens with one attached hydrogen (secondary N) is 1. The Kier molecular flexibility index (Phi) is 12.1. The number of carbonyl (C=O) groups excluding carboxylic acids is 1. The Labute approximate surface area is 274 Å². The van der Waals surface area contributed by atoms with E-state index >= 15 is 0 Å². The molecule has 0 saturated carbocycles. The Balaban J connectivity index is 1.27. The van der Waals surface area contributed by atoms with Crippen LogP contribution in [0.15, 0.2) is 85.0 Å². The number of rotatable bonds is 14. The Bertz CT molecular complexity index is 1460. The number of amides is 1. The molecule has 1 unspecified atom stereocenters. The van der Waals surface area contributed by atoms with Crippen LogP contribution in [0.4, 0.5) is 11.4 Å². The van der Waals surface area contributed by atoms with Crippen LogP contribution in [0, 0.1) is 0 Å². The predicted octanol–water partition coefficient (Wildman–Crippen LogP) is 7.92. The van der Waals surface area contributed by atoms with Crippen molar-refractivity contribution in [1.29, 1.82) is 0 Å². The van der Waals surface area contributed by atoms with Crippen LogP contribution < -0.4 is 15.0 Å². The molecule has 7 heteroatoms. The van der Waals surface area contributed by atoms with E-state index in [1.165, 1.54) is 5.56 Å². The number of hydrogen-bond donors (Lipinski definition) is 1. The van der Waals surface area contributed by atoms with Crippen LogP contribution in [0.1, 0.15) is 57.1 Å². The van der Waals surface area contributed by atoms with Crippen molar-refractivity contribution >= 4 is 23.4 Å². The first-order valence-electron chi connectivity index (χ1n) is 16.7. The van der Waals surface area contributed by atoms with Gasteiger partial charge in [0.25, 0.3) is 5.91 Å². The maximum Gasteiger partial charge on any atom is 0.251 e. The van der Waals surface area contributed by atoms with Gasteiger partial charge in [0.1, 0.15) is 5.75 Å². The van der Waals surface area contributed by atoms with Gasteiger partial charge in [-0.05, 0) is 104 Å². The number of nitrogens with zero attached hydrogens (tertiary/aromatic N) is 2. The number of hydrogen-bond acceptors (Lipinski definition) is 6. The van der Waals surface area contributed by atoms with Gasteiger partial charge in [0.2, 0.25) is 0 Å². The van der Waals surface area contributed by atoms with Gasteiger partial charge in [0, 0.05) is 55.8 Å². The zero-order valence-electron chi connectivity index (χ0n) is 27.7. The fourth-order valence-corrected chi connectivity index (χ4v) is 6.09. The van der Waals surface area contributed by atoms with Crippen LogP contribution in [0.25, 0.3) is 17.2 Å². The minimum atomic E-state index is -0.294. The molecule has 0 aromatic heterocycles. The van der Waals surface area contributed by atoms with Crippen LogP contribution in [0.3, 0.4) is 0 Å². The monoisotopic (exact) mass is 623 g/mol. The molecular weight excluding hydrogens is 574 g/mol. The molecule has 0 aliphatic carbocycles. The summed E-state index contributed by atoms with van der Waals surface area (Å²) in [4.78, 5) is 18.2. The molecular formula is C39H49N3O4. The average molecular weight is 624 g/mol. The van der Waals surface area contributed by atoms with Gasteiger partial charge in [-0.3, -0.25) is 9.69 Å². The number of fused-ring (bicyclic) bond motifs is 1. The molecule has 1 saturated heterocycles. The van der Waals surface area contributed by atoms with Crippen molar-refractivity contribution in [3.8, 4) is 16.9 Å². The van der Waals surface area contributed by atoms with Crippen molar-refractivity contribution in [2.24, 2.45) is 0 Å². The summed E-state index contributed by atoms with van der Waals surface area (Å²) in [6, 6.07) is 23.3. The zero-order valence-corrected chi connectivity index (χ0v) is 27.7. The highest BCUT2D eigenvalue weighted by Crippen LogP contribution is 2.33. The SMILES string of the molecule is C=CCN1CCC(C(=O)Nc2ccc(CN(C)C3CCOCC3)cc2)=Cc2cc(-c3ccc(OC(C)OCCCC)cc3)ccc21. The van der Waals surface area contributed by atoms with E-state index in [9.17, 15) is 4.79 Å². The van der Waals surface area contributed by atoms with E-state index in [0.29, 0.717) is 25.6 Å². The molecule has 2 heterocycles. The van der Waals surface area contributed by atoms with Crippen LogP contribution in [0.5, 0.6) is 5.75 Å². The lowest BCUT2D eigenvalue weighted by Gasteiger charge is -2.31. The van der Waals surface area contributed by atoms with Crippen molar-refractivity contribution < 1.29 is 19.0 Å². The molecule has 7 nitrogen and oxygen atoms in total. The van der Waals surface area contributed by atoms with Gasteiger partial charge in [-0.1, -0.05) is 49.8 Å². The second-order valence-electron chi connectivity index (χ2n) is 12.3. The number of ether oxygens (including phenoxy) is 3. The Hall–Kier alpha value is -3.91. The van der Waals surface area contributed by atoms with E-state index in [1.807, 2.05) is 43.3 Å². The van der Waals surface area contributed by atoms with Crippen molar-refractivity contribution in [1.82, 2.24) is 4.90 Å². The highest BCUT2D eigenvalue weighted by Gasteiger charge is 2.21. The third-order valence-corrected chi connectivity index (χ3v) is 8.79. The molecule has 244 valence electrons. The second kappa shape index (κ2) is 16.6. The van der Waals surface area contributed by atoms with Crippen LogP contribution in [-0.2, 0) is 20.8 Å². The number of anilines is 2. The smallest absolute Gasteiger partial charge is 0.251 e. The molecule has 3 aromatic rings. The lowest BCUT2D eigenvalue weighted by molar-refractivity contribution is -0.112. The van der Waals surface area contributed by atoms with Crippen molar-refractivity contribution in [3.05, 3.63) is 96.1 Å². The molecule has 2 aliphatic heterocycles. The summed E-state index contributed by atoms with van der Waals surface area (Å²) in [6.07, 6.45) is 8.57. The normalized spacial score (nSPS) is 15.9. The summed E-state index contributed by atoms with van der Waals surface area (Å²) in [5.74, 6) is 0.707. The first kappa shape index (κ1) is 33.5. The van der Waals surface area contributed by atoms with E-state index in [-0.39, 0.29) is 12.2 Å². The maximum absolute atomic E-state index is 13.6. The number of unbranched alkanes of at least 4 members (excludes halogenated alkanes) is 1. The summed E-state index contributed by atoms with van der Waals surface area (Å²) in [6.45, 7) is 12.7. The first-order chi connectivity index (χ1) is 22.4. The van der Waals surface area contributed by atoms with E-state index in [1.54, 1.807) is 0 Å². The van der Waals surface area contributed by atoms with Gasteiger partial charge in [-0.15, -0.1) is 6.58 Å². The molecule has 0 radical (unpaired) electrons. The molecule has 1 atom stereocenters. The standard InChI is InChI=1S/C39H49N3O4/c1-5-7-23-45-29(3)46-37-15-10-31(11-16-37)32-12-17-38-34(26-32)27-33(18-22-42(38)21-6-2)39(43)40-35-13-8-30(9-14-35)28-41(4)36-19-24-44-25-20-36/h6,8-17,26-27,29,36H,2,5,7,18-25,28H2,1,3-4H3,(H,40,43). The van der Waals surface area contributed by atoms with Crippen LogP contribution in [0.2, 0.25) is 0 Å². The second-order valence-corrected chi connectivity index (χ2v) is 12.3. The van der Waals surface area contributed by atoms with Crippen LogP contribution in [-0.4, -0.2) is 63.1 Å². The molecule has 0 bridgehead atoms. The summed E-state index contributed by atoms with van der Waals surface area (Å²) in [7, 11) is 2.18. The summed E-state index contributed by atoms with van der Waals surface area (Å²) < 4.78 is 17.2. The number of benzene rings is 3. The van der Waals surface area contributed by atoms with Gasteiger partial charge in [-0.25, -0.2) is 0 Å². The predicted molar refractivity (Wildman–Crippen MR) is 188 cm³/mol. The fourth-order valence-electron chi connectivity index (χ4n) is 6.09. The largest absolute Gasteiger partial charge is 0.465 e. The molecule has 3 aromatic carbocycles. The Morgan fingerprint density at radius 1 is 1.09 bits per heavy atom. The highest BCUT2D eigenvalue weighted by molar-refractivity contribution is 6.07. The first-order valence-corrected chi connectivity index (χ1v) is 16.7. The summed E-state index contributed by atoms with van der Waals surface area (Å²) >= 11 is 0. The van der Waals surface area contributed by atoms with Crippen molar-refractivity contribution in [2.75, 3.05) is 50.2 Å². The van der Waals surface area contributed by atoms with E-state index in [4.69, 9.17) is 14.2 Å². The third kappa shape index (κ3) is 9.09. The molecule has 1 N–H and O–H groups in total. The van der Waals surface area contributed by atoms with Gasteiger partial charge < -0.3 is 24.4 Å². The minimum Gasteiger partial charge on any atom is -0.465 e. The van der Waals surface area contributed by atoms with E-state index in [0.717, 1.165) is 91.4 Å². The molecule has 5 rings (SSSR count). The molecule has 0 spiro atoms. The van der Waals surface area contributed by atoms with Crippen molar-refractivity contribution in [3.63, 3.8) is 0 Å². The zero-order chi connectivity index (χ0) is 32.3. The molecule has 46 heavy (non-hydrogen) atoms. The van der Waals surface area contributed by atoms with E-state index in [2.05, 4.69) is 78.1 Å². The van der Waals surface area contributed by atoms with Gasteiger partial charge in [0.15, 0.2) is 6.29 Å². The maximum atomic E-state index is 13.6. The molecule has 1 amide bonds. The van der Waals surface area contributed by atoms with Crippen LogP contribution >= 0.6 is 0 Å². The van der Waals surface area contributed by atoms with Crippen molar-refractivity contribution in [2.45, 2.75) is 64.8 Å². The summed E-state index contributed by atoms with van der Waals surface area (Å²) in [5, 5.41) is 3.14. The quantitative estimate of drug-likeness (QED) is 0.112. The summed E-state index contributed by atoms with van der Waals surface area (Å²) in [5.41, 5.74) is 7.07. The minimum absolute atomic E-state index is 0.0688. The third-order valence-electron chi connectivity index (χ3n) is 8.79. The Morgan fingerprint density at radius 3 is 2.54 bits per heavy atom. The van der Waals surface area contributed by atoms with Gasteiger partial charge in [0.05, 0.1) is 6.61 Å². The van der Waals surface area contributed by atoms with E-state index < -0.39 is 0 Å². The highest BCUT2D eigenvalue weighted by atomic mass is 16.7. The molecule has 1 fully saturated rings. The fraction of sp³-hybridized carbons (Fsp3) is 0.410. The average Bonchev–Trinajstić information content (AvgIpc) is 3.26. The topological polar surface area (TPSA) is 63.3 Å². The Morgan fingerprint density at radius 2 is 1.83 bits per heavy atom.